The van der Waals surface area contributed by atoms with Crippen molar-refractivity contribution in [2.24, 2.45) is 0 Å². The molecular formula is C20H25N5. The molecule has 0 N–H and O–H groups in total. The molecule has 2 aromatic heterocycles. The van der Waals surface area contributed by atoms with Crippen molar-refractivity contribution in [3.05, 3.63) is 54.2 Å². The van der Waals surface area contributed by atoms with Crippen LogP contribution in [-0.4, -0.2) is 45.6 Å². The van der Waals surface area contributed by atoms with E-state index >= 15 is 0 Å². The summed E-state index contributed by atoms with van der Waals surface area (Å²) >= 11 is 0. The third-order valence-corrected chi connectivity index (χ3v) is 4.85. The number of hydrogen-bond acceptors (Lipinski definition) is 4. The Hall–Kier alpha value is -2.40. The zero-order valence-corrected chi connectivity index (χ0v) is 15.0. The highest BCUT2D eigenvalue weighted by molar-refractivity contribution is 5.74. The second-order valence-corrected chi connectivity index (χ2v) is 6.97. The van der Waals surface area contributed by atoms with E-state index in [4.69, 9.17) is 4.98 Å². The average Bonchev–Trinajstić information content (AvgIpc) is 3.03. The van der Waals surface area contributed by atoms with E-state index < -0.39 is 0 Å². The Morgan fingerprint density at radius 2 is 1.72 bits per heavy atom. The van der Waals surface area contributed by atoms with E-state index in [0.717, 1.165) is 49.8 Å². The lowest BCUT2D eigenvalue weighted by atomic mass is 10.2. The lowest BCUT2D eigenvalue weighted by molar-refractivity contribution is 0.248. The third-order valence-electron chi connectivity index (χ3n) is 4.85. The third kappa shape index (κ3) is 3.24. The number of benzene rings is 1. The number of piperazine rings is 1. The Balaban J connectivity index is 1.51. The van der Waals surface area contributed by atoms with Gasteiger partial charge in [-0.1, -0.05) is 30.3 Å². The molecule has 1 fully saturated rings. The van der Waals surface area contributed by atoms with Crippen LogP contribution in [0.3, 0.4) is 0 Å². The van der Waals surface area contributed by atoms with Crippen LogP contribution in [0.25, 0.3) is 11.2 Å². The summed E-state index contributed by atoms with van der Waals surface area (Å²) < 4.78 is 2.27. The van der Waals surface area contributed by atoms with Crippen LogP contribution in [-0.2, 0) is 6.54 Å². The van der Waals surface area contributed by atoms with Gasteiger partial charge in [0.25, 0.3) is 0 Å². The first-order chi connectivity index (χ1) is 12.2. The first-order valence-electron chi connectivity index (χ1n) is 9.06. The Bertz CT molecular complexity index is 832. The monoisotopic (exact) mass is 335 g/mol. The van der Waals surface area contributed by atoms with E-state index in [1.54, 1.807) is 0 Å². The Morgan fingerprint density at radius 3 is 2.44 bits per heavy atom. The Morgan fingerprint density at radius 1 is 0.960 bits per heavy atom. The van der Waals surface area contributed by atoms with Gasteiger partial charge in [0.2, 0.25) is 5.95 Å². The molecule has 5 heteroatoms. The van der Waals surface area contributed by atoms with Gasteiger partial charge in [-0.3, -0.25) is 9.47 Å². The highest BCUT2D eigenvalue weighted by Crippen LogP contribution is 2.26. The van der Waals surface area contributed by atoms with Gasteiger partial charge in [0, 0.05) is 45.0 Å². The Kier molecular flexibility index (Phi) is 4.40. The lowest BCUT2D eigenvalue weighted by Gasteiger charge is -2.35. The number of hydrogen-bond donors (Lipinski definition) is 0. The molecule has 0 amide bonds. The largest absolute Gasteiger partial charge is 0.340 e. The molecule has 0 saturated carbocycles. The molecule has 25 heavy (non-hydrogen) atoms. The summed E-state index contributed by atoms with van der Waals surface area (Å²) in [4.78, 5) is 14.4. The van der Waals surface area contributed by atoms with Crippen LogP contribution in [0.15, 0.2) is 48.7 Å². The molecule has 0 spiro atoms. The molecule has 0 aliphatic carbocycles. The highest BCUT2D eigenvalue weighted by Gasteiger charge is 2.23. The minimum atomic E-state index is 0.345. The van der Waals surface area contributed by atoms with E-state index in [1.165, 1.54) is 5.56 Å². The summed E-state index contributed by atoms with van der Waals surface area (Å²) in [6, 6.07) is 15.1. The standard InChI is InChI=1S/C20H25N5/c1-16(2)25-19-18(9-6-10-21-19)22-20(25)24-13-11-23(12-14-24)15-17-7-4-3-5-8-17/h3-10,16H,11-15H2,1-2H3. The number of rotatable bonds is 4. The molecule has 130 valence electrons. The quantitative estimate of drug-likeness (QED) is 0.733. The van der Waals surface area contributed by atoms with Crippen LogP contribution in [0.2, 0.25) is 0 Å². The maximum atomic E-state index is 4.87. The van der Waals surface area contributed by atoms with Crippen LogP contribution in [0.4, 0.5) is 5.95 Å². The minimum absolute atomic E-state index is 0.345. The van der Waals surface area contributed by atoms with Crippen LogP contribution >= 0.6 is 0 Å². The summed E-state index contributed by atoms with van der Waals surface area (Å²) in [6.45, 7) is 9.55. The summed E-state index contributed by atoms with van der Waals surface area (Å²) in [5.74, 6) is 1.06. The van der Waals surface area contributed by atoms with Crippen molar-refractivity contribution >= 4 is 17.1 Å². The molecular weight excluding hydrogens is 310 g/mol. The van der Waals surface area contributed by atoms with Crippen molar-refractivity contribution < 1.29 is 0 Å². The van der Waals surface area contributed by atoms with E-state index in [2.05, 4.69) is 69.6 Å². The molecule has 5 nitrogen and oxygen atoms in total. The van der Waals surface area contributed by atoms with Crippen LogP contribution in [0.5, 0.6) is 0 Å². The lowest BCUT2D eigenvalue weighted by Crippen LogP contribution is -2.46. The summed E-state index contributed by atoms with van der Waals surface area (Å²) in [5.41, 5.74) is 3.35. The van der Waals surface area contributed by atoms with Gasteiger partial charge in [-0.25, -0.2) is 9.97 Å². The first kappa shape index (κ1) is 16.1. The second-order valence-electron chi connectivity index (χ2n) is 6.97. The molecule has 3 aromatic rings. The van der Waals surface area contributed by atoms with E-state index in [9.17, 15) is 0 Å². The molecule has 1 saturated heterocycles. The van der Waals surface area contributed by atoms with Crippen molar-refractivity contribution in [3.8, 4) is 0 Å². The predicted octanol–water partition coefficient (Wildman–Crippen LogP) is 3.33. The van der Waals surface area contributed by atoms with Gasteiger partial charge in [-0.05, 0) is 31.5 Å². The van der Waals surface area contributed by atoms with Gasteiger partial charge in [0.1, 0.15) is 5.52 Å². The van der Waals surface area contributed by atoms with Gasteiger partial charge in [0.15, 0.2) is 5.65 Å². The van der Waals surface area contributed by atoms with Gasteiger partial charge < -0.3 is 4.90 Å². The molecule has 0 atom stereocenters. The molecule has 1 aliphatic rings. The fourth-order valence-electron chi connectivity index (χ4n) is 3.56. The Labute approximate surface area is 148 Å². The van der Waals surface area contributed by atoms with E-state index in [0.29, 0.717) is 6.04 Å². The minimum Gasteiger partial charge on any atom is -0.340 e. The first-order valence-corrected chi connectivity index (χ1v) is 9.06. The van der Waals surface area contributed by atoms with E-state index in [1.807, 2.05) is 12.3 Å². The molecule has 1 aromatic carbocycles. The number of anilines is 1. The van der Waals surface area contributed by atoms with Gasteiger partial charge in [0.05, 0.1) is 0 Å². The van der Waals surface area contributed by atoms with Gasteiger partial charge in [-0.15, -0.1) is 0 Å². The number of aromatic nitrogens is 3. The summed E-state index contributed by atoms with van der Waals surface area (Å²) in [5, 5.41) is 0. The number of pyridine rings is 1. The topological polar surface area (TPSA) is 37.2 Å². The fourth-order valence-corrected chi connectivity index (χ4v) is 3.56. The summed E-state index contributed by atoms with van der Waals surface area (Å²) in [6.07, 6.45) is 1.85. The van der Waals surface area contributed by atoms with Crippen LogP contribution in [0, 0.1) is 0 Å². The number of imidazole rings is 1. The maximum absolute atomic E-state index is 4.87. The van der Waals surface area contributed by atoms with Crippen molar-refractivity contribution in [1.29, 1.82) is 0 Å². The molecule has 1 aliphatic heterocycles. The predicted molar refractivity (Wildman–Crippen MR) is 102 cm³/mol. The van der Waals surface area contributed by atoms with Crippen molar-refractivity contribution in [2.45, 2.75) is 26.4 Å². The highest BCUT2D eigenvalue weighted by atomic mass is 15.4. The van der Waals surface area contributed by atoms with Crippen molar-refractivity contribution in [2.75, 3.05) is 31.1 Å². The number of fused-ring (bicyclic) bond motifs is 1. The molecule has 4 rings (SSSR count). The average molecular weight is 335 g/mol. The summed E-state index contributed by atoms with van der Waals surface area (Å²) in [7, 11) is 0. The molecule has 0 unspecified atom stereocenters. The molecule has 3 heterocycles. The molecule has 0 bridgehead atoms. The van der Waals surface area contributed by atoms with Crippen LogP contribution in [0.1, 0.15) is 25.5 Å². The van der Waals surface area contributed by atoms with Crippen molar-refractivity contribution in [3.63, 3.8) is 0 Å². The second kappa shape index (κ2) is 6.84. The normalized spacial score (nSPS) is 16.0. The molecule has 0 radical (unpaired) electrons. The zero-order chi connectivity index (χ0) is 17.2. The van der Waals surface area contributed by atoms with Gasteiger partial charge in [-0.2, -0.15) is 0 Å². The SMILES string of the molecule is CC(C)n1c(N2CCN(Cc3ccccc3)CC2)nc2cccnc21. The number of nitrogens with zero attached hydrogens (tertiary/aromatic N) is 5. The van der Waals surface area contributed by atoms with Crippen LogP contribution < -0.4 is 4.90 Å². The van der Waals surface area contributed by atoms with E-state index in [-0.39, 0.29) is 0 Å². The zero-order valence-electron chi connectivity index (χ0n) is 15.0. The maximum Gasteiger partial charge on any atom is 0.208 e. The smallest absolute Gasteiger partial charge is 0.208 e. The van der Waals surface area contributed by atoms with Crippen molar-refractivity contribution in [1.82, 2.24) is 19.4 Å². The fraction of sp³-hybridized carbons (Fsp3) is 0.400. The van der Waals surface area contributed by atoms with Gasteiger partial charge >= 0.3 is 0 Å².